The standard InChI is InChI=1S/C16H19NO/c1-4-12-5-10-16(18-3)15(11-12)13-6-8-14(17-2)9-7-13/h5-11,17H,4H2,1-3H3. The minimum Gasteiger partial charge on any atom is -0.496 e. The molecule has 0 aliphatic rings. The van der Waals surface area contributed by atoms with E-state index in [1.807, 2.05) is 13.1 Å². The van der Waals surface area contributed by atoms with Crippen LogP contribution in [0.2, 0.25) is 0 Å². The second kappa shape index (κ2) is 5.58. The summed E-state index contributed by atoms with van der Waals surface area (Å²) in [6.45, 7) is 2.16. The van der Waals surface area contributed by atoms with Crippen molar-refractivity contribution in [2.45, 2.75) is 13.3 Å². The molecule has 0 saturated carbocycles. The molecule has 0 aliphatic heterocycles. The summed E-state index contributed by atoms with van der Waals surface area (Å²) in [6.07, 6.45) is 1.03. The van der Waals surface area contributed by atoms with Gasteiger partial charge in [-0.25, -0.2) is 0 Å². The van der Waals surface area contributed by atoms with Crippen LogP contribution in [0.25, 0.3) is 11.1 Å². The summed E-state index contributed by atoms with van der Waals surface area (Å²) in [5.74, 6) is 0.921. The number of rotatable bonds is 4. The fourth-order valence-corrected chi connectivity index (χ4v) is 2.02. The highest BCUT2D eigenvalue weighted by atomic mass is 16.5. The minimum atomic E-state index is 0.921. The quantitative estimate of drug-likeness (QED) is 0.874. The van der Waals surface area contributed by atoms with Crippen molar-refractivity contribution >= 4 is 5.69 Å². The number of ether oxygens (including phenoxy) is 1. The summed E-state index contributed by atoms with van der Waals surface area (Å²) in [7, 11) is 3.64. The van der Waals surface area contributed by atoms with E-state index in [4.69, 9.17) is 4.74 Å². The SMILES string of the molecule is CCc1ccc(OC)c(-c2ccc(NC)cc2)c1. The van der Waals surface area contributed by atoms with Gasteiger partial charge in [0.1, 0.15) is 5.75 Å². The van der Waals surface area contributed by atoms with Crippen molar-refractivity contribution in [3.05, 3.63) is 48.0 Å². The summed E-state index contributed by atoms with van der Waals surface area (Å²) in [5.41, 5.74) is 4.77. The lowest BCUT2D eigenvalue weighted by molar-refractivity contribution is 0.416. The summed E-state index contributed by atoms with van der Waals surface area (Å²) in [5, 5.41) is 3.13. The van der Waals surface area contributed by atoms with Gasteiger partial charge in [-0.1, -0.05) is 25.1 Å². The van der Waals surface area contributed by atoms with E-state index in [1.54, 1.807) is 7.11 Å². The van der Waals surface area contributed by atoms with Crippen LogP contribution in [0.1, 0.15) is 12.5 Å². The zero-order valence-electron chi connectivity index (χ0n) is 11.2. The predicted octanol–water partition coefficient (Wildman–Crippen LogP) is 3.97. The Morgan fingerprint density at radius 2 is 1.78 bits per heavy atom. The fraction of sp³-hybridized carbons (Fsp3) is 0.250. The first-order valence-corrected chi connectivity index (χ1v) is 6.23. The van der Waals surface area contributed by atoms with Crippen molar-refractivity contribution in [2.24, 2.45) is 0 Å². The molecule has 94 valence electrons. The third-order valence-electron chi connectivity index (χ3n) is 3.16. The molecule has 0 spiro atoms. The van der Waals surface area contributed by atoms with Crippen LogP contribution in [0, 0.1) is 0 Å². The molecule has 0 amide bonds. The molecule has 2 heteroatoms. The monoisotopic (exact) mass is 241 g/mol. The summed E-state index contributed by atoms with van der Waals surface area (Å²) >= 11 is 0. The van der Waals surface area contributed by atoms with Gasteiger partial charge in [0.2, 0.25) is 0 Å². The van der Waals surface area contributed by atoms with E-state index in [9.17, 15) is 0 Å². The van der Waals surface area contributed by atoms with Gasteiger partial charge in [-0.3, -0.25) is 0 Å². The Morgan fingerprint density at radius 1 is 1.06 bits per heavy atom. The molecule has 1 N–H and O–H groups in total. The van der Waals surface area contributed by atoms with Gasteiger partial charge in [0.25, 0.3) is 0 Å². The van der Waals surface area contributed by atoms with Crippen molar-refractivity contribution in [2.75, 3.05) is 19.5 Å². The second-order valence-corrected chi connectivity index (χ2v) is 4.22. The van der Waals surface area contributed by atoms with Gasteiger partial charge in [0, 0.05) is 18.3 Å². The van der Waals surface area contributed by atoms with Crippen molar-refractivity contribution in [1.82, 2.24) is 0 Å². The first kappa shape index (κ1) is 12.5. The van der Waals surface area contributed by atoms with Gasteiger partial charge in [-0.2, -0.15) is 0 Å². The highest BCUT2D eigenvalue weighted by molar-refractivity contribution is 5.72. The molecule has 0 saturated heterocycles. The van der Waals surface area contributed by atoms with Gasteiger partial charge in [-0.05, 0) is 41.8 Å². The number of anilines is 1. The van der Waals surface area contributed by atoms with Crippen LogP contribution in [-0.2, 0) is 6.42 Å². The maximum Gasteiger partial charge on any atom is 0.126 e. The average Bonchev–Trinajstić information content (AvgIpc) is 2.46. The Bertz CT molecular complexity index is 517. The Labute approximate surface area is 109 Å². The summed E-state index contributed by atoms with van der Waals surface area (Å²) in [4.78, 5) is 0. The first-order valence-electron chi connectivity index (χ1n) is 6.23. The predicted molar refractivity (Wildman–Crippen MR) is 77.4 cm³/mol. The molecular formula is C16H19NO. The molecular weight excluding hydrogens is 222 g/mol. The molecule has 0 atom stereocenters. The van der Waals surface area contributed by atoms with Crippen molar-refractivity contribution in [1.29, 1.82) is 0 Å². The lowest BCUT2D eigenvalue weighted by Crippen LogP contribution is -1.91. The molecule has 0 aromatic heterocycles. The third-order valence-corrected chi connectivity index (χ3v) is 3.16. The molecule has 18 heavy (non-hydrogen) atoms. The van der Waals surface area contributed by atoms with E-state index in [-0.39, 0.29) is 0 Å². The molecule has 0 unspecified atom stereocenters. The maximum atomic E-state index is 5.44. The molecule has 0 fully saturated rings. The Balaban J connectivity index is 2.46. The van der Waals surface area contributed by atoms with Crippen LogP contribution in [0.3, 0.4) is 0 Å². The van der Waals surface area contributed by atoms with Crippen LogP contribution >= 0.6 is 0 Å². The van der Waals surface area contributed by atoms with Gasteiger partial charge in [0.05, 0.1) is 7.11 Å². The lowest BCUT2D eigenvalue weighted by Gasteiger charge is -2.11. The number of methoxy groups -OCH3 is 1. The molecule has 2 rings (SSSR count). The van der Waals surface area contributed by atoms with Gasteiger partial charge >= 0.3 is 0 Å². The molecule has 0 aliphatic carbocycles. The number of nitrogens with one attached hydrogen (secondary N) is 1. The van der Waals surface area contributed by atoms with Gasteiger partial charge < -0.3 is 10.1 Å². The summed E-state index contributed by atoms with van der Waals surface area (Å²) in [6, 6.07) is 14.7. The van der Waals surface area contributed by atoms with E-state index >= 15 is 0 Å². The van der Waals surface area contributed by atoms with Crippen molar-refractivity contribution < 1.29 is 4.74 Å². The highest BCUT2D eigenvalue weighted by Crippen LogP contribution is 2.31. The fourth-order valence-electron chi connectivity index (χ4n) is 2.02. The summed E-state index contributed by atoms with van der Waals surface area (Å²) < 4.78 is 5.44. The lowest BCUT2D eigenvalue weighted by atomic mass is 10.0. The van der Waals surface area contributed by atoms with E-state index < -0.39 is 0 Å². The van der Waals surface area contributed by atoms with E-state index in [2.05, 4.69) is 48.6 Å². The number of hydrogen-bond acceptors (Lipinski definition) is 2. The molecule has 0 heterocycles. The van der Waals surface area contributed by atoms with Gasteiger partial charge in [-0.15, -0.1) is 0 Å². The zero-order chi connectivity index (χ0) is 13.0. The molecule has 0 radical (unpaired) electrons. The largest absolute Gasteiger partial charge is 0.496 e. The Morgan fingerprint density at radius 3 is 2.33 bits per heavy atom. The van der Waals surface area contributed by atoms with Crippen LogP contribution in [0.15, 0.2) is 42.5 Å². The average molecular weight is 241 g/mol. The molecule has 2 nitrogen and oxygen atoms in total. The number of benzene rings is 2. The van der Waals surface area contributed by atoms with Crippen LogP contribution in [0.4, 0.5) is 5.69 Å². The number of hydrogen-bond donors (Lipinski definition) is 1. The minimum absolute atomic E-state index is 0.921. The van der Waals surface area contributed by atoms with Crippen LogP contribution in [-0.4, -0.2) is 14.2 Å². The van der Waals surface area contributed by atoms with E-state index in [0.29, 0.717) is 0 Å². The Kier molecular flexibility index (Phi) is 3.88. The smallest absolute Gasteiger partial charge is 0.126 e. The van der Waals surface area contributed by atoms with E-state index in [0.717, 1.165) is 23.4 Å². The Hall–Kier alpha value is -1.96. The second-order valence-electron chi connectivity index (χ2n) is 4.22. The third kappa shape index (κ3) is 2.48. The zero-order valence-corrected chi connectivity index (χ0v) is 11.2. The molecule has 0 bridgehead atoms. The highest BCUT2D eigenvalue weighted by Gasteiger charge is 2.06. The van der Waals surface area contributed by atoms with Crippen LogP contribution < -0.4 is 10.1 Å². The molecule has 2 aromatic rings. The van der Waals surface area contributed by atoms with Crippen LogP contribution in [0.5, 0.6) is 5.75 Å². The van der Waals surface area contributed by atoms with Crippen molar-refractivity contribution in [3.63, 3.8) is 0 Å². The topological polar surface area (TPSA) is 21.3 Å². The maximum absolute atomic E-state index is 5.44. The molecule has 2 aromatic carbocycles. The van der Waals surface area contributed by atoms with Crippen molar-refractivity contribution in [3.8, 4) is 16.9 Å². The first-order chi connectivity index (χ1) is 8.78. The normalized spacial score (nSPS) is 10.2. The van der Waals surface area contributed by atoms with E-state index in [1.165, 1.54) is 11.1 Å². The number of aryl methyl sites for hydroxylation is 1. The van der Waals surface area contributed by atoms with Gasteiger partial charge in [0.15, 0.2) is 0 Å².